The molecule has 0 unspecified atom stereocenters. The normalized spacial score (nSPS) is 10.7. The van der Waals surface area contributed by atoms with E-state index in [4.69, 9.17) is 11.6 Å². The Kier molecular flexibility index (Phi) is 6.19. The van der Waals surface area contributed by atoms with Crippen LogP contribution in [0.1, 0.15) is 4.88 Å². The van der Waals surface area contributed by atoms with E-state index in [1.165, 1.54) is 17.6 Å². The lowest BCUT2D eigenvalue weighted by molar-refractivity contribution is -0.119. The van der Waals surface area contributed by atoms with E-state index in [-0.39, 0.29) is 12.5 Å². The maximum atomic E-state index is 11.8. The van der Waals surface area contributed by atoms with E-state index in [0.29, 0.717) is 15.2 Å². The number of nitrogens with one attached hydrogen (secondary N) is 3. The first-order chi connectivity index (χ1) is 12.7. The molecule has 0 atom stereocenters. The zero-order chi connectivity index (χ0) is 18.2. The molecular weight excluding hydrogens is 370 g/mol. The van der Waals surface area contributed by atoms with Crippen molar-refractivity contribution < 1.29 is 4.79 Å². The Morgan fingerprint density at radius 2 is 1.73 bits per heavy atom. The van der Waals surface area contributed by atoms with E-state index in [1.807, 2.05) is 60.7 Å². The van der Waals surface area contributed by atoms with Crippen molar-refractivity contribution in [2.24, 2.45) is 5.10 Å². The van der Waals surface area contributed by atoms with Gasteiger partial charge < -0.3 is 10.6 Å². The quantitative estimate of drug-likeness (QED) is 0.422. The standard InChI is InChI=1S/C18H16ClN5OS/c19-17-15(26-18(23-17)22-14-9-5-2-6-10-14)11-21-24-16(25)12-20-13-7-3-1-4-8-13/h1-11,20H,12H2,(H,22,23)(H,24,25)/b21-11+. The number of rotatable bonds is 7. The Bertz CT molecular complexity index is 883. The summed E-state index contributed by atoms with van der Waals surface area (Å²) in [7, 11) is 0. The highest BCUT2D eigenvalue weighted by Gasteiger charge is 2.08. The van der Waals surface area contributed by atoms with Gasteiger partial charge in [-0.3, -0.25) is 4.79 Å². The third kappa shape index (κ3) is 5.30. The number of aromatic nitrogens is 1. The lowest BCUT2D eigenvalue weighted by Crippen LogP contribution is -2.25. The van der Waals surface area contributed by atoms with Crippen LogP contribution in [0.4, 0.5) is 16.5 Å². The summed E-state index contributed by atoms with van der Waals surface area (Å²) >= 11 is 7.46. The smallest absolute Gasteiger partial charge is 0.259 e. The molecule has 1 amide bonds. The van der Waals surface area contributed by atoms with E-state index < -0.39 is 0 Å². The average molecular weight is 386 g/mol. The van der Waals surface area contributed by atoms with Crippen LogP contribution in [0.15, 0.2) is 65.8 Å². The lowest BCUT2D eigenvalue weighted by atomic mass is 10.3. The first-order valence-electron chi connectivity index (χ1n) is 7.80. The molecule has 0 saturated carbocycles. The maximum absolute atomic E-state index is 11.8. The lowest BCUT2D eigenvalue weighted by Gasteiger charge is -2.04. The van der Waals surface area contributed by atoms with Gasteiger partial charge in [-0.05, 0) is 24.3 Å². The fourth-order valence-electron chi connectivity index (χ4n) is 2.03. The van der Waals surface area contributed by atoms with Gasteiger partial charge in [0.15, 0.2) is 10.3 Å². The van der Waals surface area contributed by atoms with Gasteiger partial charge in [0, 0.05) is 11.4 Å². The molecule has 6 nitrogen and oxygen atoms in total. The summed E-state index contributed by atoms with van der Waals surface area (Å²) in [5, 5.41) is 11.1. The Balaban J connectivity index is 1.51. The number of hydrogen-bond acceptors (Lipinski definition) is 6. The van der Waals surface area contributed by atoms with Crippen LogP contribution in [0.2, 0.25) is 5.15 Å². The van der Waals surface area contributed by atoms with Crippen LogP contribution in [-0.2, 0) is 4.79 Å². The maximum Gasteiger partial charge on any atom is 0.259 e. The van der Waals surface area contributed by atoms with Crippen molar-refractivity contribution in [3.8, 4) is 0 Å². The van der Waals surface area contributed by atoms with Crippen LogP contribution in [-0.4, -0.2) is 23.7 Å². The highest BCUT2D eigenvalue weighted by atomic mass is 35.5. The summed E-state index contributed by atoms with van der Waals surface area (Å²) in [5.74, 6) is -0.256. The van der Waals surface area contributed by atoms with Crippen LogP contribution in [0, 0.1) is 0 Å². The number of benzene rings is 2. The van der Waals surface area contributed by atoms with Crippen LogP contribution < -0.4 is 16.1 Å². The van der Waals surface area contributed by atoms with E-state index in [0.717, 1.165) is 11.4 Å². The molecule has 3 N–H and O–H groups in total. The van der Waals surface area contributed by atoms with Crippen LogP contribution >= 0.6 is 22.9 Å². The summed E-state index contributed by atoms with van der Waals surface area (Å²) in [6.45, 7) is 0.124. The number of hydrazone groups is 1. The summed E-state index contributed by atoms with van der Waals surface area (Å²) in [6, 6.07) is 19.1. The molecule has 0 fully saturated rings. The molecule has 0 spiro atoms. The molecule has 3 aromatic rings. The third-order valence-electron chi connectivity index (χ3n) is 3.23. The molecule has 2 aromatic carbocycles. The summed E-state index contributed by atoms with van der Waals surface area (Å²) in [5.41, 5.74) is 4.24. The molecule has 26 heavy (non-hydrogen) atoms. The molecular formula is C18H16ClN5OS. The average Bonchev–Trinajstić information content (AvgIpc) is 3.01. The van der Waals surface area contributed by atoms with Gasteiger partial charge in [-0.15, -0.1) is 0 Å². The number of carbonyl (C=O) groups is 1. The second-order valence-electron chi connectivity index (χ2n) is 5.18. The van der Waals surface area contributed by atoms with Crippen LogP contribution in [0.25, 0.3) is 0 Å². The van der Waals surface area contributed by atoms with Gasteiger partial charge in [0.2, 0.25) is 0 Å². The van der Waals surface area contributed by atoms with Gasteiger partial charge in [0.25, 0.3) is 5.91 Å². The van der Waals surface area contributed by atoms with Crippen molar-refractivity contribution in [3.05, 3.63) is 70.7 Å². The number of hydrogen-bond donors (Lipinski definition) is 3. The Hall–Kier alpha value is -2.90. The van der Waals surface area contributed by atoms with E-state index in [1.54, 1.807) is 0 Å². The van der Waals surface area contributed by atoms with Crippen molar-refractivity contribution in [3.63, 3.8) is 0 Å². The number of halogens is 1. The largest absolute Gasteiger partial charge is 0.376 e. The molecule has 1 heterocycles. The molecule has 0 bridgehead atoms. The minimum atomic E-state index is -0.256. The van der Waals surface area contributed by atoms with Crippen LogP contribution in [0.3, 0.4) is 0 Å². The van der Waals surface area contributed by atoms with Gasteiger partial charge in [-0.1, -0.05) is 59.3 Å². The zero-order valence-electron chi connectivity index (χ0n) is 13.6. The van der Waals surface area contributed by atoms with Gasteiger partial charge in [-0.25, -0.2) is 10.4 Å². The molecule has 132 valence electrons. The number of thiazole rings is 1. The van der Waals surface area contributed by atoms with Crippen molar-refractivity contribution in [1.29, 1.82) is 0 Å². The SMILES string of the molecule is O=C(CNc1ccccc1)N/N=C/c1sc(Nc2ccccc2)nc1Cl. The summed E-state index contributed by atoms with van der Waals surface area (Å²) in [4.78, 5) is 16.7. The highest BCUT2D eigenvalue weighted by Crippen LogP contribution is 2.27. The molecule has 8 heteroatoms. The molecule has 0 radical (unpaired) electrons. The number of para-hydroxylation sites is 2. The van der Waals surface area contributed by atoms with Crippen molar-refractivity contribution in [2.75, 3.05) is 17.2 Å². The monoisotopic (exact) mass is 385 g/mol. The predicted molar refractivity (Wildman–Crippen MR) is 108 cm³/mol. The van der Waals surface area contributed by atoms with Crippen molar-refractivity contribution >= 4 is 51.6 Å². The number of nitrogens with zero attached hydrogens (tertiary/aromatic N) is 2. The first-order valence-corrected chi connectivity index (χ1v) is 8.99. The second kappa shape index (κ2) is 8.98. The van der Waals surface area contributed by atoms with E-state index in [2.05, 4.69) is 26.1 Å². The third-order valence-corrected chi connectivity index (χ3v) is 4.54. The van der Waals surface area contributed by atoms with Gasteiger partial charge in [0.1, 0.15) is 0 Å². The molecule has 1 aromatic heterocycles. The number of carbonyl (C=O) groups excluding carboxylic acids is 1. The predicted octanol–water partition coefficient (Wildman–Crippen LogP) is 4.10. The number of amides is 1. The minimum Gasteiger partial charge on any atom is -0.376 e. The Morgan fingerprint density at radius 3 is 2.42 bits per heavy atom. The van der Waals surface area contributed by atoms with Gasteiger partial charge in [0.05, 0.1) is 17.6 Å². The van der Waals surface area contributed by atoms with Crippen molar-refractivity contribution in [1.82, 2.24) is 10.4 Å². The summed E-state index contributed by atoms with van der Waals surface area (Å²) < 4.78 is 0. The van der Waals surface area contributed by atoms with E-state index in [9.17, 15) is 4.79 Å². The molecule has 0 aliphatic heterocycles. The Labute approximate surface area is 159 Å². The topological polar surface area (TPSA) is 78.4 Å². The summed E-state index contributed by atoms with van der Waals surface area (Å²) in [6.07, 6.45) is 1.48. The number of anilines is 3. The van der Waals surface area contributed by atoms with Gasteiger partial charge in [-0.2, -0.15) is 5.10 Å². The second-order valence-corrected chi connectivity index (χ2v) is 6.57. The van der Waals surface area contributed by atoms with E-state index >= 15 is 0 Å². The fraction of sp³-hybridized carbons (Fsp3) is 0.0556. The highest BCUT2D eigenvalue weighted by molar-refractivity contribution is 7.17. The van der Waals surface area contributed by atoms with Crippen LogP contribution in [0.5, 0.6) is 0 Å². The first kappa shape index (κ1) is 17.9. The molecule has 3 rings (SSSR count). The fourth-order valence-corrected chi connectivity index (χ4v) is 3.08. The van der Waals surface area contributed by atoms with Crippen molar-refractivity contribution in [2.45, 2.75) is 0 Å². The molecule has 0 aliphatic rings. The van der Waals surface area contributed by atoms with Gasteiger partial charge >= 0.3 is 0 Å². The minimum absolute atomic E-state index is 0.124. The zero-order valence-corrected chi connectivity index (χ0v) is 15.2. The Morgan fingerprint density at radius 1 is 1.08 bits per heavy atom. The molecule has 0 saturated heterocycles. The molecule has 0 aliphatic carbocycles.